The molecule has 0 radical (unpaired) electrons. The van der Waals surface area contributed by atoms with Gasteiger partial charge in [-0.2, -0.15) is 13.2 Å². The molecule has 0 bridgehead atoms. The number of anilines is 1. The number of pyridine rings is 1. The molecule has 0 atom stereocenters. The molecule has 0 saturated carbocycles. The molecule has 5 nitrogen and oxygen atoms in total. The van der Waals surface area contributed by atoms with Gasteiger partial charge in [-0.15, -0.1) is 23.1 Å². The van der Waals surface area contributed by atoms with Gasteiger partial charge in [-0.25, -0.2) is 13.4 Å². The first-order valence-electron chi connectivity index (χ1n) is 9.45. The van der Waals surface area contributed by atoms with Gasteiger partial charge in [0.05, 0.1) is 21.9 Å². The average molecular weight is 501 g/mol. The fourth-order valence-corrected chi connectivity index (χ4v) is 6.09. The molecule has 2 aromatic heterocycles. The van der Waals surface area contributed by atoms with E-state index in [0.717, 1.165) is 34.8 Å². The largest absolute Gasteiger partial charge is 0.416 e. The van der Waals surface area contributed by atoms with Crippen LogP contribution in [0.1, 0.15) is 16.9 Å². The van der Waals surface area contributed by atoms with E-state index in [1.165, 1.54) is 6.20 Å². The van der Waals surface area contributed by atoms with Gasteiger partial charge in [-0.05, 0) is 48.2 Å². The summed E-state index contributed by atoms with van der Waals surface area (Å²) in [4.78, 5) is 17.2. The summed E-state index contributed by atoms with van der Waals surface area (Å²) in [7, 11) is -3.92. The molecule has 0 unspecified atom stereocenters. The summed E-state index contributed by atoms with van der Waals surface area (Å²) in [6.07, 6.45) is -2.19. The van der Waals surface area contributed by atoms with Gasteiger partial charge in [0.25, 0.3) is 0 Å². The minimum Gasteiger partial charge on any atom is -0.324 e. The Morgan fingerprint density at radius 1 is 1.12 bits per heavy atom. The highest BCUT2D eigenvalue weighted by atomic mass is 32.2. The highest BCUT2D eigenvalue weighted by Crippen LogP contribution is 2.31. The number of thioether (sulfide) groups is 1. The van der Waals surface area contributed by atoms with Crippen LogP contribution in [0.15, 0.2) is 70.0 Å². The van der Waals surface area contributed by atoms with Gasteiger partial charge in [0.2, 0.25) is 5.91 Å². The Morgan fingerprint density at radius 3 is 2.66 bits per heavy atom. The topological polar surface area (TPSA) is 76.1 Å². The zero-order valence-corrected chi connectivity index (χ0v) is 19.1. The minimum atomic E-state index is -4.62. The number of thiophene rings is 1. The van der Waals surface area contributed by atoms with E-state index in [2.05, 4.69) is 10.3 Å². The lowest BCUT2D eigenvalue weighted by atomic mass is 10.2. The lowest BCUT2D eigenvalue weighted by Crippen LogP contribution is -2.14. The molecule has 2 heterocycles. The van der Waals surface area contributed by atoms with Crippen LogP contribution in [0.3, 0.4) is 0 Å². The van der Waals surface area contributed by atoms with E-state index in [-0.39, 0.29) is 22.3 Å². The molecule has 32 heavy (non-hydrogen) atoms. The number of halogens is 3. The Balaban J connectivity index is 1.59. The number of benzene rings is 1. The number of rotatable bonds is 9. The zero-order chi connectivity index (χ0) is 23.2. The van der Waals surface area contributed by atoms with E-state index in [9.17, 15) is 26.4 Å². The monoisotopic (exact) mass is 500 g/mol. The lowest BCUT2D eigenvalue weighted by Gasteiger charge is -2.11. The van der Waals surface area contributed by atoms with E-state index < -0.39 is 21.6 Å². The van der Waals surface area contributed by atoms with Crippen LogP contribution in [0.25, 0.3) is 0 Å². The summed E-state index contributed by atoms with van der Waals surface area (Å²) < 4.78 is 63.6. The molecular formula is C21H19F3N2O3S3. The van der Waals surface area contributed by atoms with Gasteiger partial charge < -0.3 is 5.32 Å². The zero-order valence-electron chi connectivity index (χ0n) is 16.6. The van der Waals surface area contributed by atoms with Crippen molar-refractivity contribution >= 4 is 44.5 Å². The van der Waals surface area contributed by atoms with Crippen LogP contribution in [-0.4, -0.2) is 30.8 Å². The number of carbonyl (C=O) groups is 1. The van der Waals surface area contributed by atoms with E-state index in [1.54, 1.807) is 23.5 Å². The molecule has 1 aromatic carbocycles. The van der Waals surface area contributed by atoms with Gasteiger partial charge in [0.1, 0.15) is 5.03 Å². The lowest BCUT2D eigenvalue weighted by molar-refractivity contribution is -0.137. The van der Waals surface area contributed by atoms with Crippen LogP contribution < -0.4 is 5.32 Å². The van der Waals surface area contributed by atoms with E-state index in [4.69, 9.17) is 0 Å². The summed E-state index contributed by atoms with van der Waals surface area (Å²) in [5.41, 5.74) is -0.548. The first-order valence-corrected chi connectivity index (χ1v) is 13.0. The van der Waals surface area contributed by atoms with Gasteiger partial charge in [0, 0.05) is 23.2 Å². The number of aromatic nitrogens is 1. The number of nitrogens with zero attached hydrogens (tertiary/aromatic N) is 1. The van der Waals surface area contributed by atoms with Crippen LogP contribution in [-0.2, 0) is 27.2 Å². The fraction of sp³-hybridized carbons (Fsp3) is 0.238. The number of nitrogens with one attached hydrogen (secondary N) is 1. The average Bonchev–Trinajstić information content (AvgIpc) is 3.27. The number of hydrogen-bond acceptors (Lipinski definition) is 6. The van der Waals surface area contributed by atoms with Crippen LogP contribution >= 0.6 is 23.1 Å². The third-order valence-corrected chi connectivity index (χ3v) is 8.25. The van der Waals surface area contributed by atoms with E-state index in [0.29, 0.717) is 29.6 Å². The summed E-state index contributed by atoms with van der Waals surface area (Å²) in [5.74, 6) is -0.501. The maximum Gasteiger partial charge on any atom is 0.416 e. The van der Waals surface area contributed by atoms with Crippen molar-refractivity contribution in [2.75, 3.05) is 16.8 Å². The van der Waals surface area contributed by atoms with Gasteiger partial charge in [-0.3, -0.25) is 4.79 Å². The molecule has 0 saturated heterocycles. The Morgan fingerprint density at radius 2 is 1.94 bits per heavy atom. The van der Waals surface area contributed by atoms with Crippen LogP contribution in [0.2, 0.25) is 0 Å². The van der Waals surface area contributed by atoms with Crippen molar-refractivity contribution < 1.29 is 26.4 Å². The van der Waals surface area contributed by atoms with Crippen molar-refractivity contribution in [3.05, 3.63) is 70.5 Å². The standard InChI is InChI=1S/C21H19F3N2O3S3/c22-21(23,24)15-4-1-6-17(14-15)32(28,29)13-12-31-20-18(7-2-10-25-20)26-19(27)9-8-16-5-3-11-30-16/h1-7,10-11,14H,8-9,12-13H2,(H,26,27). The molecule has 1 amide bonds. The van der Waals surface area contributed by atoms with Gasteiger partial charge in [-0.1, -0.05) is 12.1 Å². The molecule has 170 valence electrons. The highest BCUT2D eigenvalue weighted by molar-refractivity contribution is 8.00. The quantitative estimate of drug-likeness (QED) is 0.404. The molecular weight excluding hydrogens is 481 g/mol. The first kappa shape index (κ1) is 24.3. The molecule has 1 N–H and O–H groups in total. The predicted octanol–water partition coefficient (Wildman–Crippen LogP) is 5.30. The first-order chi connectivity index (χ1) is 15.1. The van der Waals surface area contributed by atoms with Crippen molar-refractivity contribution in [2.45, 2.75) is 28.9 Å². The normalized spacial score (nSPS) is 12.0. The molecule has 3 aromatic rings. The predicted molar refractivity (Wildman–Crippen MR) is 120 cm³/mol. The van der Waals surface area contributed by atoms with E-state index in [1.807, 2.05) is 17.5 Å². The molecule has 0 fully saturated rings. The van der Waals surface area contributed by atoms with Crippen molar-refractivity contribution in [3.8, 4) is 0 Å². The second-order valence-electron chi connectivity index (χ2n) is 6.68. The Hall–Kier alpha value is -2.37. The molecule has 3 rings (SSSR count). The molecule has 11 heteroatoms. The second-order valence-corrected chi connectivity index (χ2v) is 10.9. The minimum absolute atomic E-state index is 0.0632. The molecule has 0 aliphatic heterocycles. The Kier molecular flexibility index (Phi) is 7.96. The van der Waals surface area contributed by atoms with Crippen molar-refractivity contribution in [2.24, 2.45) is 0 Å². The smallest absolute Gasteiger partial charge is 0.324 e. The number of alkyl halides is 3. The maximum absolute atomic E-state index is 12.9. The van der Waals surface area contributed by atoms with Crippen LogP contribution in [0.4, 0.5) is 18.9 Å². The molecule has 0 spiro atoms. The third kappa shape index (κ3) is 6.81. The summed E-state index contributed by atoms with van der Waals surface area (Å²) in [5, 5.41) is 5.17. The Labute approximate surface area is 192 Å². The number of hydrogen-bond donors (Lipinski definition) is 1. The molecule has 0 aliphatic rings. The number of aryl methyl sites for hydroxylation is 1. The number of sulfone groups is 1. The van der Waals surface area contributed by atoms with Crippen LogP contribution in [0, 0.1) is 0 Å². The highest BCUT2D eigenvalue weighted by Gasteiger charge is 2.31. The SMILES string of the molecule is O=C(CCc1cccs1)Nc1cccnc1SCCS(=O)(=O)c1cccc(C(F)(F)F)c1. The fourth-order valence-electron chi connectivity index (χ4n) is 2.74. The third-order valence-electron chi connectivity index (χ3n) is 4.34. The molecule has 0 aliphatic carbocycles. The Bertz CT molecular complexity index is 1160. The maximum atomic E-state index is 12.9. The summed E-state index contributed by atoms with van der Waals surface area (Å²) in [6, 6.07) is 10.9. The van der Waals surface area contributed by atoms with Crippen molar-refractivity contribution in [3.63, 3.8) is 0 Å². The summed E-state index contributed by atoms with van der Waals surface area (Å²) in [6.45, 7) is 0. The van der Waals surface area contributed by atoms with Gasteiger partial charge in [0.15, 0.2) is 9.84 Å². The van der Waals surface area contributed by atoms with Gasteiger partial charge >= 0.3 is 6.18 Å². The van der Waals surface area contributed by atoms with Crippen LogP contribution in [0.5, 0.6) is 0 Å². The summed E-state index contributed by atoms with van der Waals surface area (Å²) >= 11 is 2.68. The van der Waals surface area contributed by atoms with Crippen molar-refractivity contribution in [1.82, 2.24) is 4.98 Å². The van der Waals surface area contributed by atoms with E-state index >= 15 is 0 Å². The second kappa shape index (κ2) is 10.5. The van der Waals surface area contributed by atoms with Crippen molar-refractivity contribution in [1.29, 1.82) is 0 Å². The number of amides is 1. The number of carbonyl (C=O) groups excluding carboxylic acids is 1.